The van der Waals surface area contributed by atoms with Gasteiger partial charge in [0.1, 0.15) is 5.75 Å². The molecule has 1 saturated heterocycles. The number of amides is 2. The van der Waals surface area contributed by atoms with Gasteiger partial charge in [0.05, 0.1) is 12.7 Å². The maximum atomic E-state index is 13.3. The molecule has 1 aromatic heterocycles. The van der Waals surface area contributed by atoms with Gasteiger partial charge in [-0.05, 0) is 62.6 Å². The van der Waals surface area contributed by atoms with Crippen LogP contribution in [-0.4, -0.2) is 41.5 Å². The van der Waals surface area contributed by atoms with Crippen LogP contribution in [0.15, 0.2) is 60.7 Å². The molecule has 0 saturated carbocycles. The second-order valence-corrected chi connectivity index (χ2v) is 8.59. The fraction of sp³-hybridized carbons (Fsp3) is 0.333. The van der Waals surface area contributed by atoms with E-state index < -0.39 is 0 Å². The van der Waals surface area contributed by atoms with Crippen LogP contribution in [0.1, 0.15) is 40.2 Å². The number of methoxy groups -OCH3 is 1. The summed E-state index contributed by atoms with van der Waals surface area (Å²) in [5.74, 6) is 0.854. The Kier molecular flexibility index (Phi) is 6.82. The zero-order valence-electron chi connectivity index (χ0n) is 19.5. The van der Waals surface area contributed by atoms with Crippen molar-refractivity contribution in [2.45, 2.75) is 33.2 Å². The van der Waals surface area contributed by atoms with E-state index in [0.29, 0.717) is 32.5 Å². The van der Waals surface area contributed by atoms with E-state index in [9.17, 15) is 9.59 Å². The van der Waals surface area contributed by atoms with Crippen LogP contribution in [0.2, 0.25) is 0 Å². The third kappa shape index (κ3) is 4.95. The molecule has 1 aliphatic heterocycles. The van der Waals surface area contributed by atoms with Crippen LogP contribution in [-0.2, 0) is 11.3 Å². The quantitative estimate of drug-likeness (QED) is 0.616. The van der Waals surface area contributed by atoms with Gasteiger partial charge in [0, 0.05) is 42.6 Å². The van der Waals surface area contributed by atoms with Crippen LogP contribution in [0, 0.1) is 19.8 Å². The van der Waals surface area contributed by atoms with Crippen molar-refractivity contribution in [3.05, 3.63) is 83.2 Å². The van der Waals surface area contributed by atoms with Gasteiger partial charge in [-0.3, -0.25) is 9.59 Å². The molecular formula is C27H31N3O3. The molecule has 1 aliphatic rings. The highest BCUT2D eigenvalue weighted by atomic mass is 16.5. The summed E-state index contributed by atoms with van der Waals surface area (Å²) in [7, 11) is 1.65. The van der Waals surface area contributed by atoms with Crippen molar-refractivity contribution in [1.29, 1.82) is 0 Å². The molecule has 0 atom stereocenters. The number of ether oxygens (including phenoxy) is 1. The van der Waals surface area contributed by atoms with Crippen molar-refractivity contribution in [2.24, 2.45) is 5.92 Å². The Bertz CT molecular complexity index is 1110. The summed E-state index contributed by atoms with van der Waals surface area (Å²) in [5, 5.41) is 3.04. The molecule has 2 amide bonds. The predicted molar refractivity (Wildman–Crippen MR) is 129 cm³/mol. The molecule has 33 heavy (non-hydrogen) atoms. The molecule has 0 spiro atoms. The highest BCUT2D eigenvalue weighted by Crippen LogP contribution is 2.26. The predicted octanol–water partition coefficient (Wildman–Crippen LogP) is 4.27. The number of nitrogens with one attached hydrogen (secondary N) is 1. The number of benzene rings is 2. The lowest BCUT2D eigenvalue weighted by molar-refractivity contribution is -0.126. The Morgan fingerprint density at radius 2 is 1.67 bits per heavy atom. The van der Waals surface area contributed by atoms with Gasteiger partial charge in [0.25, 0.3) is 5.91 Å². The minimum Gasteiger partial charge on any atom is -0.497 e. The van der Waals surface area contributed by atoms with Crippen molar-refractivity contribution in [3.63, 3.8) is 0 Å². The molecule has 0 bridgehead atoms. The molecule has 3 aromatic rings. The van der Waals surface area contributed by atoms with Gasteiger partial charge in [-0.25, -0.2) is 0 Å². The van der Waals surface area contributed by atoms with Crippen LogP contribution in [0.25, 0.3) is 5.69 Å². The summed E-state index contributed by atoms with van der Waals surface area (Å²) in [6.07, 6.45) is 1.37. The van der Waals surface area contributed by atoms with Crippen LogP contribution < -0.4 is 10.1 Å². The number of hydrogen-bond acceptors (Lipinski definition) is 3. The second-order valence-electron chi connectivity index (χ2n) is 8.59. The highest BCUT2D eigenvalue weighted by Gasteiger charge is 2.29. The average Bonchev–Trinajstić information content (AvgIpc) is 3.16. The van der Waals surface area contributed by atoms with E-state index in [0.717, 1.165) is 34.0 Å². The standard InChI is InChI=1S/C27H31N3O3/c1-19-17-25(20(2)30(19)23-9-11-24(33-3)12-10-23)27(32)29-15-13-22(14-16-29)26(31)28-18-21-7-5-4-6-8-21/h4-12,17,22H,13-16,18H2,1-3H3,(H,28,31). The minimum atomic E-state index is -0.0514. The van der Waals surface area contributed by atoms with Gasteiger partial charge >= 0.3 is 0 Å². The molecule has 6 nitrogen and oxygen atoms in total. The van der Waals surface area contributed by atoms with E-state index in [1.54, 1.807) is 7.11 Å². The molecule has 1 fully saturated rings. The number of carbonyl (C=O) groups is 2. The number of hydrogen-bond donors (Lipinski definition) is 1. The van der Waals surface area contributed by atoms with Crippen LogP contribution in [0.3, 0.4) is 0 Å². The maximum absolute atomic E-state index is 13.3. The Hall–Kier alpha value is -3.54. The van der Waals surface area contributed by atoms with Crippen molar-refractivity contribution in [1.82, 2.24) is 14.8 Å². The summed E-state index contributed by atoms with van der Waals surface area (Å²) in [4.78, 5) is 27.8. The number of carbonyl (C=O) groups excluding carboxylic acids is 2. The Morgan fingerprint density at radius 3 is 2.30 bits per heavy atom. The lowest BCUT2D eigenvalue weighted by Gasteiger charge is -2.31. The molecule has 0 aliphatic carbocycles. The van der Waals surface area contributed by atoms with E-state index >= 15 is 0 Å². The first-order valence-corrected chi connectivity index (χ1v) is 11.4. The number of nitrogens with zero attached hydrogens (tertiary/aromatic N) is 2. The van der Waals surface area contributed by atoms with E-state index in [1.165, 1.54) is 0 Å². The molecule has 172 valence electrons. The summed E-state index contributed by atoms with van der Waals surface area (Å²) >= 11 is 0. The summed E-state index contributed by atoms with van der Waals surface area (Å²) in [6, 6.07) is 19.7. The summed E-state index contributed by atoms with van der Waals surface area (Å²) in [5.41, 5.74) is 4.74. The van der Waals surface area contributed by atoms with E-state index in [1.807, 2.05) is 79.4 Å². The first-order chi connectivity index (χ1) is 16.0. The average molecular weight is 446 g/mol. The summed E-state index contributed by atoms with van der Waals surface area (Å²) in [6.45, 7) is 5.71. The number of rotatable bonds is 6. The lowest BCUT2D eigenvalue weighted by atomic mass is 9.95. The lowest BCUT2D eigenvalue weighted by Crippen LogP contribution is -2.43. The SMILES string of the molecule is COc1ccc(-n2c(C)cc(C(=O)N3CCC(C(=O)NCc4ccccc4)CC3)c2C)cc1. The number of likely N-dealkylation sites (tertiary alicyclic amines) is 1. The molecule has 2 heterocycles. The third-order valence-electron chi connectivity index (χ3n) is 6.45. The fourth-order valence-corrected chi connectivity index (χ4v) is 4.55. The van der Waals surface area contributed by atoms with Gasteiger partial charge < -0.3 is 19.5 Å². The first kappa shape index (κ1) is 22.6. The highest BCUT2D eigenvalue weighted by molar-refractivity contribution is 5.96. The molecule has 1 N–H and O–H groups in total. The first-order valence-electron chi connectivity index (χ1n) is 11.4. The number of piperidine rings is 1. The molecule has 6 heteroatoms. The molecule has 2 aromatic carbocycles. The van der Waals surface area contributed by atoms with Gasteiger partial charge in [-0.1, -0.05) is 30.3 Å². The number of aryl methyl sites for hydroxylation is 1. The normalized spacial score (nSPS) is 14.2. The third-order valence-corrected chi connectivity index (χ3v) is 6.45. The summed E-state index contributed by atoms with van der Waals surface area (Å²) < 4.78 is 7.35. The van der Waals surface area contributed by atoms with E-state index in [4.69, 9.17) is 4.74 Å². The molecule has 4 rings (SSSR count). The van der Waals surface area contributed by atoms with Crippen LogP contribution in [0.4, 0.5) is 0 Å². The van der Waals surface area contributed by atoms with Gasteiger partial charge in [0.2, 0.25) is 5.91 Å². The van der Waals surface area contributed by atoms with Crippen molar-refractivity contribution in [2.75, 3.05) is 20.2 Å². The zero-order valence-corrected chi connectivity index (χ0v) is 19.5. The Morgan fingerprint density at radius 1 is 1.00 bits per heavy atom. The van der Waals surface area contributed by atoms with Gasteiger partial charge in [0.15, 0.2) is 0 Å². The van der Waals surface area contributed by atoms with E-state index in [2.05, 4.69) is 9.88 Å². The van der Waals surface area contributed by atoms with Crippen molar-refractivity contribution >= 4 is 11.8 Å². The minimum absolute atomic E-state index is 0.0333. The maximum Gasteiger partial charge on any atom is 0.255 e. The topological polar surface area (TPSA) is 63.6 Å². The van der Waals surface area contributed by atoms with Gasteiger partial charge in [-0.15, -0.1) is 0 Å². The second kappa shape index (κ2) is 9.94. The fourth-order valence-electron chi connectivity index (χ4n) is 4.55. The smallest absolute Gasteiger partial charge is 0.255 e. The van der Waals surface area contributed by atoms with Crippen LogP contribution >= 0.6 is 0 Å². The number of aromatic nitrogens is 1. The Balaban J connectivity index is 1.38. The Labute approximate surface area is 195 Å². The van der Waals surface area contributed by atoms with Gasteiger partial charge in [-0.2, -0.15) is 0 Å². The van der Waals surface area contributed by atoms with E-state index in [-0.39, 0.29) is 17.7 Å². The van der Waals surface area contributed by atoms with Crippen LogP contribution in [0.5, 0.6) is 5.75 Å². The molecule has 0 radical (unpaired) electrons. The monoisotopic (exact) mass is 445 g/mol. The van der Waals surface area contributed by atoms with Crippen molar-refractivity contribution < 1.29 is 14.3 Å². The molecule has 0 unspecified atom stereocenters. The van der Waals surface area contributed by atoms with Crippen molar-refractivity contribution in [3.8, 4) is 11.4 Å². The largest absolute Gasteiger partial charge is 0.497 e. The molecular weight excluding hydrogens is 414 g/mol. The zero-order chi connectivity index (χ0) is 23.4.